The number of aromatic nitrogens is 2. The fourth-order valence-electron chi connectivity index (χ4n) is 2.05. The van der Waals surface area contributed by atoms with Gasteiger partial charge in [-0.3, -0.25) is 4.79 Å². The monoisotopic (exact) mass is 302 g/mol. The van der Waals surface area contributed by atoms with Crippen LogP contribution in [0.5, 0.6) is 0 Å². The van der Waals surface area contributed by atoms with Gasteiger partial charge in [-0.1, -0.05) is 19.0 Å². The molecule has 1 aromatic heterocycles. The Morgan fingerprint density at radius 1 is 1.27 bits per heavy atom. The molecule has 1 amide bonds. The van der Waals surface area contributed by atoms with Crippen molar-refractivity contribution in [3.63, 3.8) is 0 Å². The Morgan fingerprint density at radius 2 is 2.00 bits per heavy atom. The maximum absolute atomic E-state index is 11.1. The van der Waals surface area contributed by atoms with Gasteiger partial charge < -0.3 is 15.2 Å². The Balaban J connectivity index is 2.09. The van der Waals surface area contributed by atoms with Crippen molar-refractivity contribution in [3.8, 4) is 0 Å². The second kappa shape index (κ2) is 6.60. The maximum Gasteiger partial charge on any atom is 0.248 e. The van der Waals surface area contributed by atoms with E-state index in [9.17, 15) is 4.79 Å². The molecule has 0 spiro atoms. The molecule has 0 fully saturated rings. The van der Waals surface area contributed by atoms with Crippen LogP contribution in [0.2, 0.25) is 0 Å². The third-order valence-corrected chi connectivity index (χ3v) is 3.26. The Kier molecular flexibility index (Phi) is 4.80. The van der Waals surface area contributed by atoms with Crippen LogP contribution in [0.1, 0.15) is 56.9 Å². The molecule has 1 atom stereocenters. The molecule has 2 N–H and O–H groups in total. The van der Waals surface area contributed by atoms with Gasteiger partial charge in [0.1, 0.15) is 6.04 Å². The molecule has 1 heterocycles. The van der Waals surface area contributed by atoms with E-state index in [0.717, 1.165) is 16.9 Å². The number of aryl methyl sites for hydroxylation is 1. The molecule has 2 rings (SSSR count). The van der Waals surface area contributed by atoms with Crippen molar-refractivity contribution in [1.82, 2.24) is 10.1 Å². The van der Waals surface area contributed by atoms with E-state index in [1.165, 1.54) is 6.92 Å². The van der Waals surface area contributed by atoms with Crippen LogP contribution in [-0.2, 0) is 4.79 Å². The maximum atomic E-state index is 11.1. The molecule has 0 bridgehead atoms. The van der Waals surface area contributed by atoms with Crippen molar-refractivity contribution in [2.75, 3.05) is 10.6 Å². The Hall–Kier alpha value is -2.37. The smallest absolute Gasteiger partial charge is 0.248 e. The summed E-state index contributed by atoms with van der Waals surface area (Å²) in [6.07, 6.45) is 0. The van der Waals surface area contributed by atoms with Crippen LogP contribution in [0.25, 0.3) is 0 Å². The van der Waals surface area contributed by atoms with Crippen LogP contribution >= 0.6 is 0 Å². The van der Waals surface area contributed by atoms with Crippen molar-refractivity contribution in [1.29, 1.82) is 0 Å². The van der Waals surface area contributed by atoms with Crippen molar-refractivity contribution < 1.29 is 9.32 Å². The summed E-state index contributed by atoms with van der Waals surface area (Å²) in [6.45, 7) is 9.46. The van der Waals surface area contributed by atoms with Gasteiger partial charge in [0, 0.05) is 24.2 Å². The van der Waals surface area contributed by atoms with Gasteiger partial charge >= 0.3 is 0 Å². The molecule has 0 saturated heterocycles. The standard InChI is InChI=1S/C16H22N4O2/c1-9(2)15-19-16(22-20-15)11(4)17-13-6-7-14(10(3)8-13)18-12(5)21/h6-9,11,17H,1-5H3,(H,18,21). The SMILES string of the molecule is CC(=O)Nc1ccc(NC(C)c2nc(C(C)C)no2)cc1C. The van der Waals surface area contributed by atoms with Crippen LogP contribution in [0.4, 0.5) is 11.4 Å². The average molecular weight is 302 g/mol. The Labute approximate surface area is 130 Å². The highest BCUT2D eigenvalue weighted by Gasteiger charge is 2.16. The molecule has 2 aromatic rings. The minimum Gasteiger partial charge on any atom is -0.374 e. The third-order valence-electron chi connectivity index (χ3n) is 3.26. The van der Waals surface area contributed by atoms with Gasteiger partial charge in [0.2, 0.25) is 11.8 Å². The van der Waals surface area contributed by atoms with Gasteiger partial charge in [0.05, 0.1) is 0 Å². The fourth-order valence-corrected chi connectivity index (χ4v) is 2.05. The molecule has 0 aliphatic heterocycles. The molecule has 6 nitrogen and oxygen atoms in total. The first-order chi connectivity index (χ1) is 10.4. The number of hydrogen-bond donors (Lipinski definition) is 2. The summed E-state index contributed by atoms with van der Waals surface area (Å²) in [4.78, 5) is 15.5. The second-order valence-electron chi connectivity index (χ2n) is 5.72. The number of anilines is 2. The first kappa shape index (κ1) is 16.0. The van der Waals surface area contributed by atoms with Crippen LogP contribution < -0.4 is 10.6 Å². The molecule has 22 heavy (non-hydrogen) atoms. The zero-order valence-corrected chi connectivity index (χ0v) is 13.6. The summed E-state index contributed by atoms with van der Waals surface area (Å²) < 4.78 is 5.29. The molecule has 0 radical (unpaired) electrons. The van der Waals surface area contributed by atoms with Gasteiger partial charge in [-0.25, -0.2) is 0 Å². The van der Waals surface area contributed by atoms with E-state index in [0.29, 0.717) is 11.7 Å². The van der Waals surface area contributed by atoms with Crippen molar-refractivity contribution in [2.24, 2.45) is 0 Å². The zero-order valence-electron chi connectivity index (χ0n) is 13.6. The number of benzene rings is 1. The Bertz CT molecular complexity index is 664. The molecule has 0 aliphatic carbocycles. The summed E-state index contributed by atoms with van der Waals surface area (Å²) in [7, 11) is 0. The fraction of sp³-hybridized carbons (Fsp3) is 0.438. The second-order valence-corrected chi connectivity index (χ2v) is 5.72. The van der Waals surface area contributed by atoms with E-state index in [1.807, 2.05) is 45.9 Å². The first-order valence-electron chi connectivity index (χ1n) is 7.35. The lowest BCUT2D eigenvalue weighted by atomic mass is 10.1. The number of rotatable bonds is 5. The lowest BCUT2D eigenvalue weighted by Gasteiger charge is -2.13. The Morgan fingerprint density at radius 3 is 2.55 bits per heavy atom. The topological polar surface area (TPSA) is 80.0 Å². The highest BCUT2D eigenvalue weighted by molar-refractivity contribution is 5.89. The molecule has 0 saturated carbocycles. The van der Waals surface area contributed by atoms with Crippen LogP contribution in [0.15, 0.2) is 22.7 Å². The number of carbonyl (C=O) groups is 1. The van der Waals surface area contributed by atoms with E-state index < -0.39 is 0 Å². The van der Waals surface area contributed by atoms with Crippen LogP contribution in [-0.4, -0.2) is 16.0 Å². The summed E-state index contributed by atoms with van der Waals surface area (Å²) >= 11 is 0. The van der Waals surface area contributed by atoms with E-state index in [1.54, 1.807) is 0 Å². The number of carbonyl (C=O) groups excluding carboxylic acids is 1. The van der Waals surface area contributed by atoms with E-state index in [2.05, 4.69) is 20.8 Å². The minimum atomic E-state index is -0.0917. The highest BCUT2D eigenvalue weighted by atomic mass is 16.5. The normalized spacial score (nSPS) is 12.3. The number of nitrogens with zero attached hydrogens (tertiary/aromatic N) is 2. The van der Waals surface area contributed by atoms with Gasteiger partial charge in [0.15, 0.2) is 5.82 Å². The quantitative estimate of drug-likeness (QED) is 0.881. The largest absolute Gasteiger partial charge is 0.374 e. The van der Waals surface area contributed by atoms with Crippen LogP contribution in [0, 0.1) is 6.92 Å². The summed E-state index contributed by atoms with van der Waals surface area (Å²) in [5, 5.41) is 10.1. The molecule has 1 aromatic carbocycles. The number of nitrogens with one attached hydrogen (secondary N) is 2. The van der Waals surface area contributed by atoms with Crippen molar-refractivity contribution in [3.05, 3.63) is 35.5 Å². The molecular weight excluding hydrogens is 280 g/mol. The van der Waals surface area contributed by atoms with Crippen molar-refractivity contribution >= 4 is 17.3 Å². The third kappa shape index (κ3) is 3.84. The molecule has 1 unspecified atom stereocenters. The van der Waals surface area contributed by atoms with Crippen LogP contribution in [0.3, 0.4) is 0 Å². The van der Waals surface area contributed by atoms with E-state index in [4.69, 9.17) is 4.52 Å². The highest BCUT2D eigenvalue weighted by Crippen LogP contribution is 2.24. The van der Waals surface area contributed by atoms with E-state index >= 15 is 0 Å². The minimum absolute atomic E-state index is 0.0794. The number of hydrogen-bond acceptors (Lipinski definition) is 5. The molecule has 0 aliphatic rings. The number of amides is 1. The van der Waals surface area contributed by atoms with Gasteiger partial charge in [-0.15, -0.1) is 0 Å². The van der Waals surface area contributed by atoms with Gasteiger partial charge in [-0.2, -0.15) is 4.98 Å². The lowest BCUT2D eigenvalue weighted by Crippen LogP contribution is -2.09. The predicted octanol–water partition coefficient (Wildman–Crippen LogP) is 3.63. The average Bonchev–Trinajstić information content (AvgIpc) is 2.91. The zero-order chi connectivity index (χ0) is 16.3. The summed E-state index contributed by atoms with van der Waals surface area (Å²) in [5.74, 6) is 1.43. The summed E-state index contributed by atoms with van der Waals surface area (Å²) in [5.41, 5.74) is 2.73. The summed E-state index contributed by atoms with van der Waals surface area (Å²) in [6, 6.07) is 5.67. The predicted molar refractivity (Wildman–Crippen MR) is 85.9 cm³/mol. The molecular formula is C16H22N4O2. The molecule has 6 heteroatoms. The lowest BCUT2D eigenvalue weighted by molar-refractivity contribution is -0.114. The molecule has 118 valence electrons. The first-order valence-corrected chi connectivity index (χ1v) is 7.35. The van der Waals surface area contributed by atoms with Crippen molar-refractivity contribution in [2.45, 2.75) is 46.6 Å². The van der Waals surface area contributed by atoms with Gasteiger partial charge in [0.25, 0.3) is 0 Å². The van der Waals surface area contributed by atoms with Gasteiger partial charge in [-0.05, 0) is 37.6 Å². The van der Waals surface area contributed by atoms with E-state index in [-0.39, 0.29) is 17.9 Å².